The van der Waals surface area contributed by atoms with Gasteiger partial charge in [-0.05, 0) is 37.3 Å². The summed E-state index contributed by atoms with van der Waals surface area (Å²) in [6.07, 6.45) is 7.16. The number of carbonyl (C=O) groups is 1. The molecule has 0 unspecified atom stereocenters. The number of nitrogens with one attached hydrogen (secondary N) is 1. The van der Waals surface area contributed by atoms with Crippen LogP contribution in [-0.2, 0) is 13.0 Å². The number of hydrogen-bond donors (Lipinski definition) is 2. The van der Waals surface area contributed by atoms with Gasteiger partial charge in [-0.2, -0.15) is 0 Å². The van der Waals surface area contributed by atoms with Crippen LogP contribution in [0.3, 0.4) is 0 Å². The Kier molecular flexibility index (Phi) is 5.20. The van der Waals surface area contributed by atoms with Crippen LogP contribution in [0.1, 0.15) is 41.0 Å². The Hall–Kier alpha value is -2.28. The minimum Gasteiger partial charge on any atom is -0.396 e. The number of amides is 1. The Labute approximate surface area is 141 Å². The van der Waals surface area contributed by atoms with Gasteiger partial charge in [0.1, 0.15) is 5.69 Å². The third-order valence-electron chi connectivity index (χ3n) is 4.58. The van der Waals surface area contributed by atoms with Crippen LogP contribution in [0.15, 0.2) is 24.5 Å². The smallest absolute Gasteiger partial charge is 0.270 e. The molecule has 128 valence electrons. The van der Waals surface area contributed by atoms with Gasteiger partial charge in [0.25, 0.3) is 5.91 Å². The van der Waals surface area contributed by atoms with Crippen LogP contribution in [-0.4, -0.2) is 43.6 Å². The van der Waals surface area contributed by atoms with Gasteiger partial charge in [0.05, 0.1) is 5.69 Å². The van der Waals surface area contributed by atoms with Crippen LogP contribution in [0, 0.1) is 12.8 Å². The minimum atomic E-state index is -0.107. The molecule has 2 aromatic rings. The molecule has 1 amide bonds. The van der Waals surface area contributed by atoms with Crippen LogP contribution >= 0.6 is 0 Å². The molecule has 0 aliphatic heterocycles. The highest BCUT2D eigenvalue weighted by Crippen LogP contribution is 2.27. The topological polar surface area (TPSA) is 92.9 Å². The number of rotatable bonds is 6. The molecule has 2 aromatic heterocycles. The van der Waals surface area contributed by atoms with Gasteiger partial charge >= 0.3 is 0 Å². The molecule has 2 heterocycles. The molecule has 1 aliphatic rings. The van der Waals surface area contributed by atoms with Crippen molar-refractivity contribution in [3.05, 3.63) is 41.5 Å². The number of hydrogen-bond acceptors (Lipinski definition) is 5. The normalized spacial score (nSPS) is 20.2. The second-order valence-electron chi connectivity index (χ2n) is 6.35. The van der Waals surface area contributed by atoms with Crippen molar-refractivity contribution in [2.75, 3.05) is 6.61 Å². The van der Waals surface area contributed by atoms with E-state index in [2.05, 4.69) is 20.6 Å². The van der Waals surface area contributed by atoms with Gasteiger partial charge < -0.3 is 10.4 Å². The van der Waals surface area contributed by atoms with E-state index in [1.807, 2.05) is 29.9 Å². The highest BCUT2D eigenvalue weighted by molar-refractivity contribution is 5.93. The lowest BCUT2D eigenvalue weighted by Crippen LogP contribution is -2.39. The largest absolute Gasteiger partial charge is 0.396 e. The van der Waals surface area contributed by atoms with Crippen molar-refractivity contribution in [1.82, 2.24) is 25.3 Å². The maximum Gasteiger partial charge on any atom is 0.270 e. The van der Waals surface area contributed by atoms with Crippen LogP contribution in [0.2, 0.25) is 0 Å². The van der Waals surface area contributed by atoms with Gasteiger partial charge in [0, 0.05) is 38.0 Å². The first-order valence-electron chi connectivity index (χ1n) is 8.39. The summed E-state index contributed by atoms with van der Waals surface area (Å²) in [5, 5.41) is 20.3. The highest BCUT2D eigenvalue weighted by atomic mass is 16.3. The fourth-order valence-electron chi connectivity index (χ4n) is 3.30. The molecule has 7 nitrogen and oxygen atoms in total. The molecule has 1 aliphatic carbocycles. The number of carbonyl (C=O) groups excluding carboxylic acids is 1. The number of pyridine rings is 1. The monoisotopic (exact) mass is 329 g/mol. The lowest BCUT2D eigenvalue weighted by Gasteiger charge is -2.21. The zero-order valence-corrected chi connectivity index (χ0v) is 13.9. The molecular weight excluding hydrogens is 306 g/mol. The summed E-state index contributed by atoms with van der Waals surface area (Å²) in [6, 6.07) is 3.86. The van der Waals surface area contributed by atoms with Crippen molar-refractivity contribution in [1.29, 1.82) is 0 Å². The van der Waals surface area contributed by atoms with E-state index in [0.717, 1.165) is 37.1 Å². The molecule has 7 heteroatoms. The second-order valence-corrected chi connectivity index (χ2v) is 6.35. The number of aryl methyl sites for hydroxylation is 1. The molecule has 0 bridgehead atoms. The summed E-state index contributed by atoms with van der Waals surface area (Å²) < 4.78 is 1.81. The van der Waals surface area contributed by atoms with Crippen LogP contribution in [0.5, 0.6) is 0 Å². The molecular formula is C17H23N5O2. The molecule has 1 fully saturated rings. The number of aromatic nitrogens is 4. The third-order valence-corrected chi connectivity index (χ3v) is 4.58. The van der Waals surface area contributed by atoms with E-state index in [9.17, 15) is 4.79 Å². The predicted molar refractivity (Wildman–Crippen MR) is 88.4 cm³/mol. The molecule has 0 radical (unpaired) electrons. The first kappa shape index (κ1) is 16.6. The second kappa shape index (κ2) is 7.53. The fraction of sp³-hybridized carbons (Fsp3) is 0.529. The van der Waals surface area contributed by atoms with Crippen molar-refractivity contribution < 1.29 is 9.90 Å². The first-order valence-corrected chi connectivity index (χ1v) is 8.39. The van der Waals surface area contributed by atoms with Crippen LogP contribution in [0.4, 0.5) is 0 Å². The summed E-state index contributed by atoms with van der Waals surface area (Å²) >= 11 is 0. The van der Waals surface area contributed by atoms with Gasteiger partial charge in [-0.15, -0.1) is 5.10 Å². The molecule has 0 saturated heterocycles. The van der Waals surface area contributed by atoms with E-state index in [1.165, 1.54) is 0 Å². The van der Waals surface area contributed by atoms with Crippen molar-refractivity contribution >= 4 is 5.91 Å². The lowest BCUT2D eigenvalue weighted by atomic mass is 10.0. The quantitative estimate of drug-likeness (QED) is 0.828. The van der Waals surface area contributed by atoms with E-state index < -0.39 is 0 Å². The molecule has 2 atom stereocenters. The van der Waals surface area contributed by atoms with Crippen LogP contribution in [0.25, 0.3) is 0 Å². The third kappa shape index (κ3) is 3.79. The first-order chi connectivity index (χ1) is 11.7. The maximum absolute atomic E-state index is 12.5. The number of aliphatic hydroxyl groups excluding tert-OH is 1. The average molecular weight is 329 g/mol. The fourth-order valence-corrected chi connectivity index (χ4v) is 3.30. The summed E-state index contributed by atoms with van der Waals surface area (Å²) in [5.41, 5.74) is 2.17. The van der Waals surface area contributed by atoms with Crippen LogP contribution < -0.4 is 5.32 Å². The molecule has 1 saturated carbocycles. The molecule has 24 heavy (non-hydrogen) atoms. The van der Waals surface area contributed by atoms with E-state index in [1.54, 1.807) is 6.20 Å². The number of nitrogens with zero attached hydrogens (tertiary/aromatic N) is 4. The molecule has 0 spiro atoms. The Morgan fingerprint density at radius 2 is 2.33 bits per heavy atom. The lowest BCUT2D eigenvalue weighted by molar-refractivity contribution is 0.0919. The Morgan fingerprint density at radius 1 is 1.46 bits per heavy atom. The highest BCUT2D eigenvalue weighted by Gasteiger charge is 2.30. The Bertz CT molecular complexity index is 700. The SMILES string of the molecule is Cc1cccnc1C(=O)N[C@@H]1CCC[C@@H]1Cn1cc(CCO)nn1. The van der Waals surface area contributed by atoms with Crippen molar-refractivity contribution in [3.63, 3.8) is 0 Å². The Balaban J connectivity index is 1.62. The minimum absolute atomic E-state index is 0.0736. The standard InChI is InChI=1S/C17H23N5O2/c1-12-4-3-8-18-16(12)17(24)19-15-6-2-5-13(15)10-22-11-14(7-9-23)20-21-22/h3-4,8,11,13,15,23H,2,5-7,9-10H2,1H3,(H,19,24)/t13-,15-/m1/s1. The van der Waals surface area contributed by atoms with Crippen molar-refractivity contribution in [2.45, 2.75) is 45.2 Å². The summed E-state index contributed by atoms with van der Waals surface area (Å²) in [4.78, 5) is 16.7. The van der Waals surface area contributed by atoms with E-state index in [0.29, 0.717) is 18.0 Å². The van der Waals surface area contributed by atoms with Gasteiger partial charge in [0.15, 0.2) is 0 Å². The van der Waals surface area contributed by atoms with Crippen molar-refractivity contribution in [2.24, 2.45) is 5.92 Å². The van der Waals surface area contributed by atoms with Gasteiger partial charge in [-0.25, -0.2) is 0 Å². The average Bonchev–Trinajstić information content (AvgIpc) is 3.18. The van der Waals surface area contributed by atoms with Gasteiger partial charge in [-0.3, -0.25) is 14.5 Å². The molecule has 3 rings (SSSR count). The van der Waals surface area contributed by atoms with E-state index in [4.69, 9.17) is 5.11 Å². The summed E-state index contributed by atoms with van der Waals surface area (Å²) in [7, 11) is 0. The maximum atomic E-state index is 12.5. The predicted octanol–water partition coefficient (Wildman–Crippen LogP) is 1.12. The van der Waals surface area contributed by atoms with Gasteiger partial charge in [-0.1, -0.05) is 17.7 Å². The number of aliphatic hydroxyl groups is 1. The molecule has 0 aromatic carbocycles. The van der Waals surface area contributed by atoms with E-state index >= 15 is 0 Å². The zero-order valence-electron chi connectivity index (χ0n) is 13.9. The van der Waals surface area contributed by atoms with Crippen molar-refractivity contribution in [3.8, 4) is 0 Å². The molecule has 2 N–H and O–H groups in total. The van der Waals surface area contributed by atoms with E-state index in [-0.39, 0.29) is 18.6 Å². The van der Waals surface area contributed by atoms with Gasteiger partial charge in [0.2, 0.25) is 0 Å². The zero-order chi connectivity index (χ0) is 16.9. The summed E-state index contributed by atoms with van der Waals surface area (Å²) in [6.45, 7) is 2.70. The Morgan fingerprint density at radius 3 is 3.12 bits per heavy atom. The summed E-state index contributed by atoms with van der Waals surface area (Å²) in [5.74, 6) is 0.228.